The first-order valence-electron chi connectivity index (χ1n) is 8.28. The number of amides is 1. The van der Waals surface area contributed by atoms with Crippen LogP contribution in [0.3, 0.4) is 0 Å². The summed E-state index contributed by atoms with van der Waals surface area (Å²) in [5, 5.41) is 12.6. The molecule has 1 saturated carbocycles. The SMILES string of the molecule is O=C(CCOc1ccccc1)NC(c1ccccn1)C1CC(O)C1. The molecule has 1 amide bonds. The molecule has 1 aromatic carbocycles. The van der Waals surface area contributed by atoms with Crippen LogP contribution in [-0.2, 0) is 4.79 Å². The molecule has 0 spiro atoms. The van der Waals surface area contributed by atoms with Crippen molar-refractivity contribution < 1.29 is 14.6 Å². The van der Waals surface area contributed by atoms with Gasteiger partial charge in [0.15, 0.2) is 0 Å². The number of hydrogen-bond acceptors (Lipinski definition) is 4. The van der Waals surface area contributed by atoms with Gasteiger partial charge in [-0.2, -0.15) is 0 Å². The fraction of sp³-hybridized carbons (Fsp3) is 0.368. The Kier molecular flexibility index (Phi) is 5.43. The lowest BCUT2D eigenvalue weighted by molar-refractivity contribution is -0.123. The Morgan fingerprint density at radius 3 is 2.62 bits per heavy atom. The van der Waals surface area contributed by atoms with Crippen LogP contribution < -0.4 is 10.1 Å². The summed E-state index contributed by atoms with van der Waals surface area (Å²) in [4.78, 5) is 16.6. The van der Waals surface area contributed by atoms with Gasteiger partial charge in [0.1, 0.15) is 5.75 Å². The van der Waals surface area contributed by atoms with Crippen LogP contribution >= 0.6 is 0 Å². The quantitative estimate of drug-likeness (QED) is 0.820. The molecule has 1 aromatic heterocycles. The van der Waals surface area contributed by atoms with E-state index in [1.54, 1.807) is 6.20 Å². The van der Waals surface area contributed by atoms with Gasteiger partial charge in [0.05, 0.1) is 30.9 Å². The second kappa shape index (κ2) is 7.93. The first-order valence-corrected chi connectivity index (χ1v) is 8.28. The fourth-order valence-electron chi connectivity index (χ4n) is 2.92. The summed E-state index contributed by atoms with van der Waals surface area (Å²) in [7, 11) is 0. The highest BCUT2D eigenvalue weighted by molar-refractivity contribution is 5.76. The predicted molar refractivity (Wildman–Crippen MR) is 90.4 cm³/mol. The molecule has 5 nitrogen and oxygen atoms in total. The molecule has 1 fully saturated rings. The summed E-state index contributed by atoms with van der Waals surface area (Å²) in [5.74, 6) is 0.922. The first-order chi connectivity index (χ1) is 11.7. The van der Waals surface area contributed by atoms with Gasteiger partial charge in [-0.05, 0) is 43.0 Å². The van der Waals surface area contributed by atoms with Crippen LogP contribution in [0.15, 0.2) is 54.7 Å². The van der Waals surface area contributed by atoms with Gasteiger partial charge in [-0.15, -0.1) is 0 Å². The summed E-state index contributed by atoms with van der Waals surface area (Å²) < 4.78 is 5.57. The van der Waals surface area contributed by atoms with Crippen LogP contribution in [0.25, 0.3) is 0 Å². The molecule has 24 heavy (non-hydrogen) atoms. The second-order valence-corrected chi connectivity index (χ2v) is 6.10. The predicted octanol–water partition coefficient (Wildman–Crippen LogP) is 2.48. The maximum Gasteiger partial charge on any atom is 0.223 e. The Balaban J connectivity index is 1.53. The number of carbonyl (C=O) groups excluding carboxylic acids is 1. The molecule has 3 rings (SSSR count). The highest BCUT2D eigenvalue weighted by Gasteiger charge is 2.36. The summed E-state index contributed by atoms with van der Waals surface area (Å²) in [6.45, 7) is 0.331. The summed E-state index contributed by atoms with van der Waals surface area (Å²) in [6, 6.07) is 15.0. The van der Waals surface area contributed by atoms with Gasteiger partial charge in [-0.25, -0.2) is 0 Å². The molecule has 1 heterocycles. The third kappa shape index (κ3) is 4.32. The maximum atomic E-state index is 12.3. The van der Waals surface area contributed by atoms with Crippen LogP contribution in [0.1, 0.15) is 31.0 Å². The molecule has 1 unspecified atom stereocenters. The van der Waals surface area contributed by atoms with Gasteiger partial charge in [-0.3, -0.25) is 9.78 Å². The summed E-state index contributed by atoms with van der Waals surface area (Å²) in [6.07, 6.45) is 3.14. The Morgan fingerprint density at radius 1 is 1.21 bits per heavy atom. The van der Waals surface area contributed by atoms with Crippen molar-refractivity contribution in [3.8, 4) is 5.75 Å². The van der Waals surface area contributed by atoms with Crippen molar-refractivity contribution in [1.82, 2.24) is 10.3 Å². The molecule has 1 aliphatic rings. The smallest absolute Gasteiger partial charge is 0.223 e. The minimum absolute atomic E-state index is 0.0667. The minimum atomic E-state index is -0.264. The molecular formula is C19H22N2O3. The van der Waals surface area contributed by atoms with Crippen LogP contribution in [-0.4, -0.2) is 28.7 Å². The molecule has 0 radical (unpaired) electrons. The van der Waals surface area contributed by atoms with E-state index in [4.69, 9.17) is 4.74 Å². The zero-order valence-corrected chi connectivity index (χ0v) is 13.5. The third-order valence-electron chi connectivity index (χ3n) is 4.29. The molecule has 0 saturated heterocycles. The van der Waals surface area contributed by atoms with Crippen molar-refractivity contribution in [1.29, 1.82) is 0 Å². The Labute approximate surface area is 141 Å². The molecule has 126 valence electrons. The monoisotopic (exact) mass is 326 g/mol. The van der Waals surface area contributed by atoms with E-state index in [9.17, 15) is 9.90 Å². The Morgan fingerprint density at radius 2 is 1.96 bits per heavy atom. The van der Waals surface area contributed by atoms with E-state index in [0.717, 1.165) is 11.4 Å². The highest BCUT2D eigenvalue weighted by atomic mass is 16.5. The number of carbonyl (C=O) groups is 1. The van der Waals surface area contributed by atoms with E-state index in [0.29, 0.717) is 19.4 Å². The van der Waals surface area contributed by atoms with E-state index >= 15 is 0 Å². The molecule has 1 atom stereocenters. The lowest BCUT2D eigenvalue weighted by Crippen LogP contribution is -2.42. The van der Waals surface area contributed by atoms with Crippen molar-refractivity contribution in [2.45, 2.75) is 31.4 Å². The van der Waals surface area contributed by atoms with Crippen LogP contribution in [0.4, 0.5) is 0 Å². The van der Waals surface area contributed by atoms with Gasteiger partial charge < -0.3 is 15.2 Å². The van der Waals surface area contributed by atoms with Crippen LogP contribution in [0.5, 0.6) is 5.75 Å². The molecule has 0 bridgehead atoms. The van der Waals surface area contributed by atoms with E-state index in [-0.39, 0.29) is 30.4 Å². The molecule has 2 N–H and O–H groups in total. The standard InChI is InChI=1S/C19H22N2O3/c22-15-12-14(13-15)19(17-8-4-5-10-20-17)21-18(23)9-11-24-16-6-2-1-3-7-16/h1-8,10,14-15,19,22H,9,11-13H2,(H,21,23). The average Bonchev–Trinajstić information content (AvgIpc) is 2.59. The number of benzene rings is 1. The number of ether oxygens (including phenoxy) is 1. The van der Waals surface area contributed by atoms with Gasteiger partial charge in [0.2, 0.25) is 5.91 Å². The van der Waals surface area contributed by atoms with E-state index in [2.05, 4.69) is 10.3 Å². The zero-order chi connectivity index (χ0) is 16.8. The van der Waals surface area contributed by atoms with Crippen molar-refractivity contribution >= 4 is 5.91 Å². The molecule has 5 heteroatoms. The molecule has 2 aromatic rings. The largest absolute Gasteiger partial charge is 0.493 e. The number of aromatic nitrogens is 1. The number of nitrogens with zero attached hydrogens (tertiary/aromatic N) is 1. The number of rotatable bonds is 7. The fourth-order valence-corrected chi connectivity index (χ4v) is 2.92. The molecular weight excluding hydrogens is 304 g/mol. The van der Waals surface area contributed by atoms with Crippen molar-refractivity contribution in [2.75, 3.05) is 6.61 Å². The summed E-state index contributed by atoms with van der Waals surface area (Å²) >= 11 is 0. The molecule has 1 aliphatic carbocycles. The number of aliphatic hydroxyl groups is 1. The summed E-state index contributed by atoms with van der Waals surface area (Å²) in [5.41, 5.74) is 0.840. The van der Waals surface area contributed by atoms with E-state index in [1.165, 1.54) is 0 Å². The molecule has 0 aliphatic heterocycles. The zero-order valence-electron chi connectivity index (χ0n) is 13.5. The Bertz CT molecular complexity index is 642. The lowest BCUT2D eigenvalue weighted by Gasteiger charge is -2.37. The number of para-hydroxylation sites is 1. The van der Waals surface area contributed by atoms with Gasteiger partial charge >= 0.3 is 0 Å². The van der Waals surface area contributed by atoms with Crippen molar-refractivity contribution in [3.05, 3.63) is 60.4 Å². The van der Waals surface area contributed by atoms with Crippen molar-refractivity contribution in [3.63, 3.8) is 0 Å². The van der Waals surface area contributed by atoms with Gasteiger partial charge in [-0.1, -0.05) is 24.3 Å². The van der Waals surface area contributed by atoms with Crippen molar-refractivity contribution in [2.24, 2.45) is 5.92 Å². The van der Waals surface area contributed by atoms with Gasteiger partial charge in [0.25, 0.3) is 0 Å². The number of nitrogens with one attached hydrogen (secondary N) is 1. The number of pyridine rings is 1. The highest BCUT2D eigenvalue weighted by Crippen LogP contribution is 2.37. The van der Waals surface area contributed by atoms with Gasteiger partial charge in [0, 0.05) is 6.20 Å². The normalized spacial score (nSPS) is 20.7. The minimum Gasteiger partial charge on any atom is -0.493 e. The van der Waals surface area contributed by atoms with E-state index in [1.807, 2.05) is 48.5 Å². The maximum absolute atomic E-state index is 12.3. The average molecular weight is 326 g/mol. The first kappa shape index (κ1) is 16.5. The second-order valence-electron chi connectivity index (χ2n) is 6.10. The third-order valence-corrected chi connectivity index (χ3v) is 4.29. The number of aliphatic hydroxyl groups excluding tert-OH is 1. The Hall–Kier alpha value is -2.40. The topological polar surface area (TPSA) is 71.5 Å². The van der Waals surface area contributed by atoms with Crippen LogP contribution in [0, 0.1) is 5.92 Å². The van der Waals surface area contributed by atoms with E-state index < -0.39 is 0 Å². The number of hydrogen-bond donors (Lipinski definition) is 2. The van der Waals surface area contributed by atoms with Crippen LogP contribution in [0.2, 0.25) is 0 Å². The lowest BCUT2D eigenvalue weighted by atomic mass is 9.76.